The van der Waals surface area contributed by atoms with Gasteiger partial charge in [-0.05, 0) is 54.4 Å². The second kappa shape index (κ2) is 11.7. The van der Waals surface area contributed by atoms with E-state index in [-0.39, 0.29) is 11.4 Å². The molecule has 34 heavy (non-hydrogen) atoms. The van der Waals surface area contributed by atoms with Gasteiger partial charge < -0.3 is 14.2 Å². The molecule has 0 heterocycles. The Morgan fingerprint density at radius 3 is 2.56 bits per heavy atom. The fourth-order valence-corrected chi connectivity index (χ4v) is 2.96. The summed E-state index contributed by atoms with van der Waals surface area (Å²) in [6.45, 7) is 1.81. The van der Waals surface area contributed by atoms with E-state index in [2.05, 4.69) is 10.5 Å². The van der Waals surface area contributed by atoms with E-state index < -0.39 is 16.9 Å². The molecule has 3 rings (SSSR count). The van der Waals surface area contributed by atoms with E-state index in [9.17, 15) is 14.9 Å². The maximum Gasteiger partial charge on any atom is 0.310 e. The zero-order valence-electron chi connectivity index (χ0n) is 18.4. The third-order valence-electron chi connectivity index (χ3n) is 4.62. The predicted molar refractivity (Wildman–Crippen MR) is 128 cm³/mol. The molecule has 0 saturated carbocycles. The van der Waals surface area contributed by atoms with Crippen LogP contribution in [0.1, 0.15) is 18.1 Å². The van der Waals surface area contributed by atoms with Gasteiger partial charge in [-0.15, -0.1) is 0 Å². The van der Waals surface area contributed by atoms with Gasteiger partial charge in [0.1, 0.15) is 6.61 Å². The molecule has 0 saturated heterocycles. The zero-order chi connectivity index (χ0) is 24.5. The number of nitrogens with one attached hydrogen (secondary N) is 1. The summed E-state index contributed by atoms with van der Waals surface area (Å²) in [5, 5.41) is 15.7. The van der Waals surface area contributed by atoms with Crippen molar-refractivity contribution in [2.45, 2.75) is 19.6 Å². The molecule has 0 bridgehead atoms. The predicted octanol–water partition coefficient (Wildman–Crippen LogP) is 4.75. The minimum atomic E-state index is -1.00. The number of hydrogen-bond donors (Lipinski definition) is 1. The Labute approximate surface area is 201 Å². The van der Waals surface area contributed by atoms with Crippen molar-refractivity contribution in [2.75, 3.05) is 7.11 Å². The molecule has 3 aromatic rings. The summed E-state index contributed by atoms with van der Waals surface area (Å²) in [5.41, 5.74) is 3.74. The highest BCUT2D eigenvalue weighted by Crippen LogP contribution is 2.29. The summed E-state index contributed by atoms with van der Waals surface area (Å²) in [4.78, 5) is 22.8. The van der Waals surface area contributed by atoms with Crippen molar-refractivity contribution >= 4 is 29.4 Å². The van der Waals surface area contributed by atoms with Gasteiger partial charge in [0.25, 0.3) is 5.91 Å². The molecule has 0 spiro atoms. The molecule has 3 aromatic carbocycles. The zero-order valence-corrected chi connectivity index (χ0v) is 19.2. The number of para-hydroxylation sites is 2. The van der Waals surface area contributed by atoms with Gasteiger partial charge in [0, 0.05) is 11.1 Å². The molecule has 0 aromatic heterocycles. The Morgan fingerprint density at radius 1 is 1.12 bits per heavy atom. The summed E-state index contributed by atoms with van der Waals surface area (Å²) < 4.78 is 16.6. The average Bonchev–Trinajstić information content (AvgIpc) is 2.84. The van der Waals surface area contributed by atoms with E-state index in [0.717, 1.165) is 5.56 Å². The summed E-state index contributed by atoms with van der Waals surface area (Å²) in [6, 6.07) is 18.3. The second-order valence-corrected chi connectivity index (χ2v) is 7.48. The van der Waals surface area contributed by atoms with E-state index in [4.69, 9.17) is 25.8 Å². The maximum absolute atomic E-state index is 12.3. The molecule has 9 nitrogen and oxygen atoms in total. The van der Waals surface area contributed by atoms with Crippen LogP contribution in [0.5, 0.6) is 17.2 Å². The molecule has 0 aliphatic heterocycles. The minimum Gasteiger partial charge on any atom is -0.493 e. The molecular formula is C24H22ClN3O6. The number of hydrazone groups is 1. The van der Waals surface area contributed by atoms with Gasteiger partial charge in [-0.1, -0.05) is 35.9 Å². The van der Waals surface area contributed by atoms with Crippen LogP contribution in [0, 0.1) is 10.1 Å². The molecule has 0 radical (unpaired) electrons. The third-order valence-corrected chi connectivity index (χ3v) is 4.87. The van der Waals surface area contributed by atoms with Crippen LogP contribution in [0.15, 0.2) is 71.8 Å². The van der Waals surface area contributed by atoms with Crippen LogP contribution in [-0.4, -0.2) is 30.3 Å². The molecular weight excluding hydrogens is 462 g/mol. The maximum atomic E-state index is 12.3. The number of nitro benzene ring substituents is 1. The molecule has 0 aliphatic carbocycles. The average molecular weight is 484 g/mol. The van der Waals surface area contributed by atoms with Crippen molar-refractivity contribution < 1.29 is 23.9 Å². The number of nitrogens with zero attached hydrogens (tertiary/aromatic N) is 2. The van der Waals surface area contributed by atoms with Crippen LogP contribution in [0.2, 0.25) is 5.02 Å². The largest absolute Gasteiger partial charge is 0.493 e. The van der Waals surface area contributed by atoms with Crippen molar-refractivity contribution in [1.29, 1.82) is 0 Å². The fraction of sp³-hybridized carbons (Fsp3) is 0.167. The number of halogens is 1. The number of hydrogen-bond acceptors (Lipinski definition) is 7. The first-order valence-corrected chi connectivity index (χ1v) is 10.5. The first kappa shape index (κ1) is 24.5. The molecule has 176 valence electrons. The summed E-state index contributed by atoms with van der Waals surface area (Å²) in [7, 11) is 1.52. The standard InChI is InChI=1S/C24H22ClN3O6/c1-16(34-21-6-4-3-5-20(21)28(30)31)24(29)27-26-14-18-9-12-22(23(13-18)32-2)33-15-17-7-10-19(25)11-8-17/h3-14,16H,15H2,1-2H3,(H,27,29)/b26-14+. The van der Waals surface area contributed by atoms with Crippen LogP contribution in [-0.2, 0) is 11.4 Å². The monoisotopic (exact) mass is 483 g/mol. The van der Waals surface area contributed by atoms with Crippen LogP contribution < -0.4 is 19.6 Å². The summed E-state index contributed by atoms with van der Waals surface area (Å²) in [5.74, 6) is 0.477. The molecule has 1 N–H and O–H groups in total. The molecule has 10 heteroatoms. The van der Waals surface area contributed by atoms with Gasteiger partial charge in [-0.25, -0.2) is 5.43 Å². The Kier molecular flexibility index (Phi) is 8.42. The Hall–Kier alpha value is -4.11. The third kappa shape index (κ3) is 6.69. The first-order chi connectivity index (χ1) is 16.4. The normalized spacial score (nSPS) is 11.6. The highest BCUT2D eigenvalue weighted by atomic mass is 35.5. The van der Waals surface area contributed by atoms with Crippen LogP contribution in [0.3, 0.4) is 0 Å². The SMILES string of the molecule is COc1cc(/C=N/NC(=O)C(C)Oc2ccccc2[N+](=O)[O-])ccc1OCc1ccc(Cl)cc1. The lowest BCUT2D eigenvalue weighted by molar-refractivity contribution is -0.386. The van der Waals surface area contributed by atoms with E-state index in [1.54, 1.807) is 36.4 Å². The number of benzene rings is 3. The lowest BCUT2D eigenvalue weighted by Gasteiger charge is -2.13. The van der Waals surface area contributed by atoms with Gasteiger partial charge in [0.2, 0.25) is 0 Å². The van der Waals surface area contributed by atoms with Crippen molar-refractivity contribution in [3.63, 3.8) is 0 Å². The highest BCUT2D eigenvalue weighted by Gasteiger charge is 2.20. The fourth-order valence-electron chi connectivity index (χ4n) is 2.84. The van der Waals surface area contributed by atoms with Gasteiger partial charge in [0.05, 0.1) is 18.2 Å². The number of methoxy groups -OCH3 is 1. The molecule has 1 atom stereocenters. The summed E-state index contributed by atoms with van der Waals surface area (Å²) >= 11 is 5.90. The van der Waals surface area contributed by atoms with E-state index in [1.807, 2.05) is 12.1 Å². The number of ether oxygens (including phenoxy) is 3. The van der Waals surface area contributed by atoms with E-state index >= 15 is 0 Å². The number of rotatable bonds is 10. The first-order valence-electron chi connectivity index (χ1n) is 10.2. The molecule has 1 unspecified atom stereocenters. The molecule has 1 amide bonds. The smallest absolute Gasteiger partial charge is 0.310 e. The van der Waals surface area contributed by atoms with Crippen molar-refractivity contribution in [3.05, 3.63) is 93.0 Å². The Bertz CT molecular complexity index is 1180. The van der Waals surface area contributed by atoms with Gasteiger partial charge in [0.15, 0.2) is 23.4 Å². The van der Waals surface area contributed by atoms with E-state index in [0.29, 0.717) is 28.7 Å². The van der Waals surface area contributed by atoms with Gasteiger partial charge in [-0.3, -0.25) is 14.9 Å². The topological polar surface area (TPSA) is 112 Å². The Balaban J connectivity index is 1.58. The number of carbonyl (C=O) groups excluding carboxylic acids is 1. The summed E-state index contributed by atoms with van der Waals surface area (Å²) in [6.07, 6.45) is 0.428. The van der Waals surface area contributed by atoms with Crippen LogP contribution in [0.25, 0.3) is 0 Å². The van der Waals surface area contributed by atoms with Crippen molar-refractivity contribution in [2.24, 2.45) is 5.10 Å². The van der Waals surface area contributed by atoms with Gasteiger partial charge in [-0.2, -0.15) is 5.10 Å². The quantitative estimate of drug-likeness (QED) is 0.253. The van der Waals surface area contributed by atoms with Gasteiger partial charge >= 0.3 is 5.69 Å². The number of nitro groups is 1. The second-order valence-electron chi connectivity index (χ2n) is 7.04. The molecule has 0 aliphatic rings. The van der Waals surface area contributed by atoms with E-state index in [1.165, 1.54) is 38.4 Å². The van der Waals surface area contributed by atoms with Crippen molar-refractivity contribution in [3.8, 4) is 17.2 Å². The number of carbonyl (C=O) groups is 1. The molecule has 0 fully saturated rings. The van der Waals surface area contributed by atoms with Crippen LogP contribution >= 0.6 is 11.6 Å². The highest BCUT2D eigenvalue weighted by molar-refractivity contribution is 6.30. The van der Waals surface area contributed by atoms with Crippen molar-refractivity contribution in [1.82, 2.24) is 5.43 Å². The lowest BCUT2D eigenvalue weighted by atomic mass is 10.2. The lowest BCUT2D eigenvalue weighted by Crippen LogP contribution is -2.33. The number of amides is 1. The van der Waals surface area contributed by atoms with Crippen LogP contribution in [0.4, 0.5) is 5.69 Å². The Morgan fingerprint density at radius 2 is 1.85 bits per heavy atom. The minimum absolute atomic E-state index is 0.00180.